The second-order valence-electron chi connectivity index (χ2n) is 5.59. The molecule has 0 aliphatic carbocycles. The number of carbonyl (C=O) groups is 1. The minimum atomic E-state index is 0.0103. The average molecular weight is 350 g/mol. The molecule has 2 rings (SSSR count). The second kappa shape index (κ2) is 8.37. The summed E-state index contributed by atoms with van der Waals surface area (Å²) in [4.78, 5) is 12.3. The molecule has 0 aliphatic heterocycles. The SMILES string of the molecule is CC[C@H](NC(=O)CCc1c(Cl)cccc1Cl)c1ccccc1C. The lowest BCUT2D eigenvalue weighted by molar-refractivity contribution is -0.121. The molecule has 2 nitrogen and oxygen atoms in total. The van der Waals surface area contributed by atoms with Crippen LogP contribution in [0.3, 0.4) is 0 Å². The van der Waals surface area contributed by atoms with E-state index >= 15 is 0 Å². The molecule has 0 heterocycles. The van der Waals surface area contributed by atoms with Crippen molar-refractivity contribution in [1.29, 1.82) is 0 Å². The molecule has 2 aromatic carbocycles. The van der Waals surface area contributed by atoms with E-state index in [0.29, 0.717) is 22.9 Å². The van der Waals surface area contributed by atoms with Gasteiger partial charge in [-0.25, -0.2) is 0 Å². The fourth-order valence-corrected chi connectivity index (χ4v) is 3.24. The van der Waals surface area contributed by atoms with Crippen LogP contribution in [0.25, 0.3) is 0 Å². The second-order valence-corrected chi connectivity index (χ2v) is 6.40. The van der Waals surface area contributed by atoms with Gasteiger partial charge in [-0.1, -0.05) is 60.5 Å². The molecule has 0 fully saturated rings. The van der Waals surface area contributed by atoms with Crippen molar-refractivity contribution in [2.45, 2.75) is 39.2 Å². The molecular weight excluding hydrogens is 329 g/mol. The van der Waals surface area contributed by atoms with Crippen LogP contribution in [0.15, 0.2) is 42.5 Å². The van der Waals surface area contributed by atoms with Crippen LogP contribution in [-0.4, -0.2) is 5.91 Å². The molecule has 1 amide bonds. The topological polar surface area (TPSA) is 29.1 Å². The highest BCUT2D eigenvalue weighted by Gasteiger charge is 2.15. The molecule has 23 heavy (non-hydrogen) atoms. The van der Waals surface area contributed by atoms with Gasteiger partial charge in [-0.3, -0.25) is 4.79 Å². The number of benzene rings is 2. The van der Waals surface area contributed by atoms with Crippen molar-refractivity contribution < 1.29 is 4.79 Å². The van der Waals surface area contributed by atoms with Crippen LogP contribution in [0.1, 0.15) is 42.5 Å². The Hall–Kier alpha value is -1.51. The number of amides is 1. The number of hydrogen-bond donors (Lipinski definition) is 1. The van der Waals surface area contributed by atoms with Gasteiger partial charge in [0.15, 0.2) is 0 Å². The predicted molar refractivity (Wildman–Crippen MR) is 97.1 cm³/mol. The smallest absolute Gasteiger partial charge is 0.220 e. The summed E-state index contributed by atoms with van der Waals surface area (Å²) in [7, 11) is 0. The van der Waals surface area contributed by atoms with E-state index in [1.54, 1.807) is 18.2 Å². The maximum Gasteiger partial charge on any atom is 0.220 e. The third-order valence-electron chi connectivity index (χ3n) is 3.97. The molecule has 1 atom stereocenters. The Labute approximate surface area is 147 Å². The van der Waals surface area contributed by atoms with Crippen molar-refractivity contribution in [1.82, 2.24) is 5.32 Å². The molecule has 0 spiro atoms. The molecule has 0 radical (unpaired) electrons. The van der Waals surface area contributed by atoms with Gasteiger partial charge in [-0.05, 0) is 48.6 Å². The van der Waals surface area contributed by atoms with Crippen LogP contribution < -0.4 is 5.32 Å². The van der Waals surface area contributed by atoms with Gasteiger partial charge in [0.2, 0.25) is 5.91 Å². The van der Waals surface area contributed by atoms with Gasteiger partial charge in [0.05, 0.1) is 6.04 Å². The van der Waals surface area contributed by atoms with Crippen LogP contribution in [0.4, 0.5) is 0 Å². The van der Waals surface area contributed by atoms with E-state index in [0.717, 1.165) is 12.0 Å². The summed E-state index contributed by atoms with van der Waals surface area (Å²) in [5.41, 5.74) is 3.18. The zero-order valence-electron chi connectivity index (χ0n) is 13.4. The fourth-order valence-electron chi connectivity index (χ4n) is 2.65. The number of hydrogen-bond acceptors (Lipinski definition) is 1. The van der Waals surface area contributed by atoms with E-state index < -0.39 is 0 Å². The highest BCUT2D eigenvalue weighted by Crippen LogP contribution is 2.26. The normalized spacial score (nSPS) is 12.0. The van der Waals surface area contributed by atoms with Crippen molar-refractivity contribution in [2.75, 3.05) is 0 Å². The predicted octanol–water partition coefficient (Wildman–Crippen LogP) is 5.50. The van der Waals surface area contributed by atoms with Gasteiger partial charge in [-0.15, -0.1) is 0 Å². The quantitative estimate of drug-likeness (QED) is 0.732. The molecule has 0 bridgehead atoms. The van der Waals surface area contributed by atoms with E-state index in [1.807, 2.05) is 12.1 Å². The molecular formula is C19H21Cl2NO. The summed E-state index contributed by atoms with van der Waals surface area (Å²) in [5.74, 6) is 0.0103. The van der Waals surface area contributed by atoms with Gasteiger partial charge < -0.3 is 5.32 Å². The minimum Gasteiger partial charge on any atom is -0.349 e. The Morgan fingerprint density at radius 3 is 2.35 bits per heavy atom. The van der Waals surface area contributed by atoms with Crippen LogP contribution in [-0.2, 0) is 11.2 Å². The van der Waals surface area contributed by atoms with Gasteiger partial charge in [-0.2, -0.15) is 0 Å². The Bertz CT molecular complexity index is 665. The Morgan fingerprint density at radius 2 is 1.74 bits per heavy atom. The lowest BCUT2D eigenvalue weighted by atomic mass is 9.99. The van der Waals surface area contributed by atoms with Gasteiger partial charge in [0.25, 0.3) is 0 Å². The molecule has 0 aliphatic rings. The minimum absolute atomic E-state index is 0.0103. The highest BCUT2D eigenvalue weighted by atomic mass is 35.5. The summed E-state index contributed by atoms with van der Waals surface area (Å²) >= 11 is 12.3. The standard InChI is InChI=1S/C19H21Cl2NO/c1-3-18(14-8-5-4-7-13(14)2)22-19(23)12-11-15-16(20)9-6-10-17(15)21/h4-10,18H,3,11-12H2,1-2H3,(H,22,23)/t18-/m0/s1. The lowest BCUT2D eigenvalue weighted by Crippen LogP contribution is -2.28. The van der Waals surface area contributed by atoms with Crippen molar-refractivity contribution >= 4 is 29.1 Å². The molecule has 2 aromatic rings. The molecule has 0 saturated carbocycles. The number of aryl methyl sites for hydroxylation is 1. The summed E-state index contributed by atoms with van der Waals surface area (Å²) in [6.45, 7) is 4.13. The first-order chi connectivity index (χ1) is 11.0. The first-order valence-electron chi connectivity index (χ1n) is 7.80. The number of nitrogens with one attached hydrogen (secondary N) is 1. The van der Waals surface area contributed by atoms with Crippen molar-refractivity contribution in [2.24, 2.45) is 0 Å². The number of rotatable bonds is 6. The zero-order valence-corrected chi connectivity index (χ0v) is 14.9. The first kappa shape index (κ1) is 17.8. The maximum atomic E-state index is 12.3. The van der Waals surface area contributed by atoms with Gasteiger partial charge in [0.1, 0.15) is 0 Å². The maximum absolute atomic E-state index is 12.3. The van der Waals surface area contributed by atoms with E-state index in [9.17, 15) is 4.79 Å². The van der Waals surface area contributed by atoms with Crippen molar-refractivity contribution in [3.8, 4) is 0 Å². The number of carbonyl (C=O) groups excluding carboxylic acids is 1. The third kappa shape index (κ3) is 4.73. The van der Waals surface area contributed by atoms with E-state index in [1.165, 1.54) is 11.1 Å². The molecule has 1 N–H and O–H groups in total. The molecule has 0 aromatic heterocycles. The highest BCUT2D eigenvalue weighted by molar-refractivity contribution is 6.36. The molecule has 4 heteroatoms. The Balaban J connectivity index is 2.00. The summed E-state index contributed by atoms with van der Waals surface area (Å²) < 4.78 is 0. The lowest BCUT2D eigenvalue weighted by Gasteiger charge is -2.19. The van der Waals surface area contributed by atoms with E-state index in [-0.39, 0.29) is 11.9 Å². The van der Waals surface area contributed by atoms with Crippen molar-refractivity contribution in [3.05, 3.63) is 69.2 Å². The van der Waals surface area contributed by atoms with Crippen LogP contribution in [0.2, 0.25) is 10.0 Å². The molecule has 122 valence electrons. The molecule has 0 unspecified atom stereocenters. The van der Waals surface area contributed by atoms with Crippen LogP contribution in [0, 0.1) is 6.92 Å². The summed E-state index contributed by atoms with van der Waals surface area (Å²) in [5, 5.41) is 4.32. The van der Waals surface area contributed by atoms with E-state index in [4.69, 9.17) is 23.2 Å². The zero-order chi connectivity index (χ0) is 16.8. The first-order valence-corrected chi connectivity index (χ1v) is 8.56. The average Bonchev–Trinajstić information content (AvgIpc) is 2.53. The number of halogens is 2. The Morgan fingerprint density at radius 1 is 1.09 bits per heavy atom. The molecule has 0 saturated heterocycles. The van der Waals surface area contributed by atoms with Gasteiger partial charge >= 0.3 is 0 Å². The monoisotopic (exact) mass is 349 g/mol. The van der Waals surface area contributed by atoms with E-state index in [2.05, 4.69) is 31.3 Å². The van der Waals surface area contributed by atoms with Gasteiger partial charge in [0, 0.05) is 16.5 Å². The third-order valence-corrected chi connectivity index (χ3v) is 4.68. The fraction of sp³-hybridized carbons (Fsp3) is 0.316. The summed E-state index contributed by atoms with van der Waals surface area (Å²) in [6, 6.07) is 13.6. The van der Waals surface area contributed by atoms with Crippen LogP contribution in [0.5, 0.6) is 0 Å². The summed E-state index contributed by atoms with van der Waals surface area (Å²) in [6.07, 6.45) is 1.75. The largest absolute Gasteiger partial charge is 0.349 e. The van der Waals surface area contributed by atoms with Crippen LogP contribution >= 0.6 is 23.2 Å². The van der Waals surface area contributed by atoms with Crippen molar-refractivity contribution in [3.63, 3.8) is 0 Å². The Kier molecular flexibility index (Phi) is 6.49.